The van der Waals surface area contributed by atoms with E-state index in [1.54, 1.807) is 4.90 Å². The van der Waals surface area contributed by atoms with E-state index in [0.29, 0.717) is 17.7 Å². The van der Waals surface area contributed by atoms with Crippen molar-refractivity contribution in [1.29, 1.82) is 0 Å². The summed E-state index contributed by atoms with van der Waals surface area (Å²) in [5.41, 5.74) is 3.99. The van der Waals surface area contributed by atoms with Crippen molar-refractivity contribution in [2.45, 2.75) is 38.1 Å². The fourth-order valence-corrected chi connectivity index (χ4v) is 7.53. The van der Waals surface area contributed by atoms with Crippen molar-refractivity contribution in [3.8, 4) is 0 Å². The Morgan fingerprint density at radius 2 is 1.76 bits per heavy atom. The van der Waals surface area contributed by atoms with Gasteiger partial charge in [0.25, 0.3) is 0 Å². The minimum Gasteiger partial charge on any atom is -0.283 e. The highest BCUT2D eigenvalue weighted by atomic mass is 32.2. The number of amides is 1. The highest BCUT2D eigenvalue weighted by molar-refractivity contribution is 7.89. The first-order valence-corrected chi connectivity index (χ1v) is 14.6. The van der Waals surface area contributed by atoms with E-state index >= 15 is 0 Å². The van der Waals surface area contributed by atoms with Crippen molar-refractivity contribution in [3.05, 3.63) is 89.0 Å². The predicted molar refractivity (Wildman–Crippen MR) is 145 cm³/mol. The van der Waals surface area contributed by atoms with E-state index in [9.17, 15) is 22.0 Å². The highest BCUT2D eigenvalue weighted by Crippen LogP contribution is 2.35. The van der Waals surface area contributed by atoms with Gasteiger partial charge in [-0.2, -0.15) is 4.31 Å². The maximum absolute atomic E-state index is 14.2. The lowest BCUT2D eigenvalue weighted by atomic mass is 9.96. The topological polar surface area (TPSA) is 70.6 Å². The fourth-order valence-electron chi connectivity index (χ4n) is 4.87. The van der Waals surface area contributed by atoms with E-state index in [4.69, 9.17) is 4.98 Å². The van der Waals surface area contributed by atoms with Gasteiger partial charge < -0.3 is 0 Å². The molecule has 0 radical (unpaired) electrons. The summed E-state index contributed by atoms with van der Waals surface area (Å²) in [6.07, 6.45) is 0.574. The quantitative estimate of drug-likeness (QED) is 0.300. The molecule has 0 bridgehead atoms. The Labute approximate surface area is 224 Å². The number of hydrogen-bond acceptors (Lipinski definition) is 5. The first-order chi connectivity index (χ1) is 18.1. The molecule has 1 fully saturated rings. The zero-order valence-electron chi connectivity index (χ0n) is 21.0. The fraction of sp³-hybridized carbons (Fsp3) is 0.286. The van der Waals surface area contributed by atoms with E-state index in [0.717, 1.165) is 39.0 Å². The van der Waals surface area contributed by atoms with Crippen LogP contribution in [0.5, 0.6) is 0 Å². The number of nitrogens with zero attached hydrogens (tertiary/aromatic N) is 3. The molecule has 1 aliphatic heterocycles. The maximum Gasteiger partial charge on any atom is 0.245 e. The van der Waals surface area contributed by atoms with Crippen LogP contribution in [0, 0.1) is 31.4 Å². The largest absolute Gasteiger partial charge is 0.283 e. The van der Waals surface area contributed by atoms with Crippen LogP contribution >= 0.6 is 11.3 Å². The van der Waals surface area contributed by atoms with Crippen LogP contribution < -0.4 is 4.90 Å². The van der Waals surface area contributed by atoms with Crippen molar-refractivity contribution in [2.75, 3.05) is 18.0 Å². The number of carbonyl (C=O) groups is 1. The molecule has 0 atom stereocenters. The summed E-state index contributed by atoms with van der Waals surface area (Å²) in [4.78, 5) is 19.8. The number of sulfonamides is 1. The molecule has 3 aromatic carbocycles. The second kappa shape index (κ2) is 10.5. The number of carbonyl (C=O) groups excluding carboxylic acids is 1. The molecule has 5 rings (SSSR count). The molecule has 0 N–H and O–H groups in total. The van der Waals surface area contributed by atoms with Crippen LogP contribution in [0.2, 0.25) is 0 Å². The number of halogens is 2. The van der Waals surface area contributed by atoms with Crippen molar-refractivity contribution < 1.29 is 22.0 Å². The molecule has 10 heteroatoms. The number of rotatable bonds is 6. The molecule has 1 saturated heterocycles. The van der Waals surface area contributed by atoms with Crippen molar-refractivity contribution in [3.63, 3.8) is 0 Å². The molecule has 6 nitrogen and oxygen atoms in total. The van der Waals surface area contributed by atoms with Crippen LogP contribution in [0.1, 0.15) is 29.5 Å². The third kappa shape index (κ3) is 5.21. The van der Waals surface area contributed by atoms with E-state index in [1.807, 2.05) is 44.2 Å². The van der Waals surface area contributed by atoms with Crippen LogP contribution in [0.25, 0.3) is 10.2 Å². The molecular formula is C28H27F2N3O3S2. The molecule has 1 aliphatic rings. The SMILES string of the molecule is Cc1cc(C)c2nc(N(Cc3ccccc3)C(=O)C3CCN(S(=O)(=O)c4ccc(F)cc4F)CC3)sc2c1. The smallest absolute Gasteiger partial charge is 0.245 e. The number of benzene rings is 3. The van der Waals surface area contributed by atoms with Crippen molar-refractivity contribution in [1.82, 2.24) is 9.29 Å². The summed E-state index contributed by atoms with van der Waals surface area (Å²) in [6, 6.07) is 16.2. The van der Waals surface area contributed by atoms with E-state index in [2.05, 4.69) is 12.1 Å². The first-order valence-electron chi connectivity index (χ1n) is 12.3. The van der Waals surface area contributed by atoms with Gasteiger partial charge in [-0.05, 0) is 61.6 Å². The lowest BCUT2D eigenvalue weighted by Gasteiger charge is -2.33. The van der Waals surface area contributed by atoms with E-state index in [1.165, 1.54) is 15.6 Å². The highest BCUT2D eigenvalue weighted by Gasteiger charge is 2.36. The summed E-state index contributed by atoms with van der Waals surface area (Å²) in [5.74, 6) is -2.51. The van der Waals surface area contributed by atoms with Crippen LogP contribution in [0.3, 0.4) is 0 Å². The molecule has 1 aromatic heterocycles. The number of aromatic nitrogens is 1. The zero-order valence-corrected chi connectivity index (χ0v) is 22.7. The molecule has 38 heavy (non-hydrogen) atoms. The Kier molecular flexibility index (Phi) is 7.30. The van der Waals surface area contributed by atoms with Gasteiger partial charge in [-0.3, -0.25) is 9.69 Å². The molecule has 0 unspecified atom stereocenters. The van der Waals surface area contributed by atoms with Gasteiger partial charge >= 0.3 is 0 Å². The lowest BCUT2D eigenvalue weighted by molar-refractivity contribution is -0.123. The summed E-state index contributed by atoms with van der Waals surface area (Å²) >= 11 is 1.47. The number of fused-ring (bicyclic) bond motifs is 1. The molecule has 0 aliphatic carbocycles. The number of thiazole rings is 1. The third-order valence-corrected chi connectivity index (χ3v) is 9.77. The van der Waals surface area contributed by atoms with Crippen LogP contribution in [0.4, 0.5) is 13.9 Å². The second-order valence-electron chi connectivity index (χ2n) is 9.59. The average Bonchev–Trinajstić information content (AvgIpc) is 3.31. The minimum absolute atomic E-state index is 0.0624. The standard InChI is InChI=1S/C28H27F2N3O3S2/c1-18-14-19(2)26-24(15-18)37-28(31-26)33(17-20-6-4-3-5-7-20)27(34)21-10-12-32(13-11-21)38(35,36)25-9-8-22(29)16-23(25)30/h3-9,14-16,21H,10-13,17H2,1-2H3. The molecular weight excluding hydrogens is 528 g/mol. The van der Waals surface area contributed by atoms with Gasteiger partial charge in [0.2, 0.25) is 15.9 Å². The molecule has 0 saturated carbocycles. The molecule has 1 amide bonds. The average molecular weight is 556 g/mol. The van der Waals surface area contributed by atoms with Gasteiger partial charge in [-0.1, -0.05) is 47.7 Å². The Morgan fingerprint density at radius 3 is 2.45 bits per heavy atom. The summed E-state index contributed by atoms with van der Waals surface area (Å²) in [6.45, 7) is 4.50. The van der Waals surface area contributed by atoms with Gasteiger partial charge in [-0.15, -0.1) is 0 Å². The number of anilines is 1. The van der Waals surface area contributed by atoms with Crippen LogP contribution in [0.15, 0.2) is 65.6 Å². The molecule has 2 heterocycles. The van der Waals surface area contributed by atoms with Gasteiger partial charge in [0.15, 0.2) is 5.13 Å². The monoisotopic (exact) mass is 555 g/mol. The van der Waals surface area contributed by atoms with Crippen molar-refractivity contribution >= 4 is 42.6 Å². The lowest BCUT2D eigenvalue weighted by Crippen LogP contribution is -2.44. The predicted octanol–water partition coefficient (Wildman–Crippen LogP) is 5.83. The minimum atomic E-state index is -4.15. The zero-order chi connectivity index (χ0) is 27.0. The van der Waals surface area contributed by atoms with Crippen LogP contribution in [-0.2, 0) is 21.4 Å². The Balaban J connectivity index is 1.39. The number of piperidine rings is 1. The Morgan fingerprint density at radius 1 is 1.05 bits per heavy atom. The molecule has 4 aromatic rings. The van der Waals surface area contributed by atoms with E-state index < -0.39 is 32.5 Å². The first kappa shape index (κ1) is 26.4. The molecule has 0 spiro atoms. The van der Waals surface area contributed by atoms with Gasteiger partial charge in [0, 0.05) is 25.1 Å². The third-order valence-electron chi connectivity index (χ3n) is 6.81. The number of hydrogen-bond donors (Lipinski definition) is 0. The molecule has 198 valence electrons. The Hall–Kier alpha value is -3.21. The summed E-state index contributed by atoms with van der Waals surface area (Å²) in [5, 5.41) is 0.603. The van der Waals surface area contributed by atoms with Gasteiger partial charge in [-0.25, -0.2) is 22.2 Å². The van der Waals surface area contributed by atoms with Gasteiger partial charge in [0.05, 0.1) is 16.8 Å². The second-order valence-corrected chi connectivity index (χ2v) is 12.5. The normalized spacial score (nSPS) is 15.2. The number of aryl methyl sites for hydroxylation is 2. The maximum atomic E-state index is 14.2. The Bertz CT molecular complexity index is 1600. The summed E-state index contributed by atoms with van der Waals surface area (Å²) < 4.78 is 55.7. The van der Waals surface area contributed by atoms with E-state index in [-0.39, 0.29) is 31.8 Å². The van der Waals surface area contributed by atoms with Crippen molar-refractivity contribution in [2.24, 2.45) is 5.92 Å². The summed E-state index contributed by atoms with van der Waals surface area (Å²) in [7, 11) is -4.15. The van der Waals surface area contributed by atoms with Crippen LogP contribution in [-0.4, -0.2) is 36.7 Å². The van der Waals surface area contributed by atoms with Gasteiger partial charge in [0.1, 0.15) is 16.5 Å².